The molecule has 1 aromatic heterocycles. The molecule has 0 saturated heterocycles. The number of nitrogens with one attached hydrogen (secondary N) is 1. The monoisotopic (exact) mass is 375 g/mol. The zero-order valence-corrected chi connectivity index (χ0v) is 15.8. The summed E-state index contributed by atoms with van der Waals surface area (Å²) >= 11 is 1.39. The van der Waals surface area contributed by atoms with Gasteiger partial charge in [-0.1, -0.05) is 11.1 Å². The zero-order valence-electron chi connectivity index (χ0n) is 15.0. The highest BCUT2D eigenvalue weighted by Crippen LogP contribution is 2.39. The van der Waals surface area contributed by atoms with Gasteiger partial charge in [-0.3, -0.25) is 9.59 Å². The van der Waals surface area contributed by atoms with Crippen molar-refractivity contribution in [1.82, 2.24) is 0 Å². The van der Waals surface area contributed by atoms with Gasteiger partial charge in [-0.15, -0.1) is 11.3 Å². The molecule has 0 aromatic carbocycles. The van der Waals surface area contributed by atoms with Crippen LogP contribution in [0.1, 0.15) is 60.3 Å². The van der Waals surface area contributed by atoms with Gasteiger partial charge < -0.3 is 21.0 Å². The number of thiophene rings is 1. The molecule has 2 aliphatic carbocycles. The molecule has 2 amide bonds. The van der Waals surface area contributed by atoms with Crippen LogP contribution in [0.5, 0.6) is 0 Å². The van der Waals surface area contributed by atoms with E-state index in [9.17, 15) is 19.5 Å². The lowest BCUT2D eigenvalue weighted by Crippen LogP contribution is -2.42. The van der Waals surface area contributed by atoms with Crippen LogP contribution in [0.2, 0.25) is 0 Å². The second-order valence-corrected chi connectivity index (χ2v) is 8.37. The smallest absolute Gasteiger partial charge is 0.251 e. The van der Waals surface area contributed by atoms with E-state index in [2.05, 4.69) is 5.32 Å². The van der Waals surface area contributed by atoms with Gasteiger partial charge in [-0.2, -0.15) is 0 Å². The van der Waals surface area contributed by atoms with Crippen molar-refractivity contribution in [3.05, 3.63) is 27.2 Å². The summed E-state index contributed by atoms with van der Waals surface area (Å²) in [5, 5.41) is 14.8. The number of anilines is 1. The molecule has 26 heavy (non-hydrogen) atoms. The second-order valence-electron chi connectivity index (χ2n) is 7.27. The Balaban J connectivity index is 1.89. The molecule has 2 aliphatic rings. The molecule has 3 rings (SSSR count). The Kier molecular flexibility index (Phi) is 5.18. The van der Waals surface area contributed by atoms with Crippen molar-refractivity contribution in [2.75, 3.05) is 5.32 Å². The topological polar surface area (TPSA) is 112 Å². The van der Waals surface area contributed by atoms with E-state index < -0.39 is 23.7 Å². The number of hydrogen-bond donors (Lipinski definition) is 2. The van der Waals surface area contributed by atoms with E-state index in [1.54, 1.807) is 0 Å². The molecule has 0 bridgehead atoms. The third-order valence-corrected chi connectivity index (χ3v) is 6.77. The number of fused-ring (bicyclic) bond motifs is 1. The van der Waals surface area contributed by atoms with E-state index in [1.165, 1.54) is 11.3 Å². The summed E-state index contributed by atoms with van der Waals surface area (Å²) in [5.41, 5.74) is 8.91. The molecule has 3 N–H and O–H groups in total. The SMILES string of the molecule is CC1=C(C)C[C@@H](C(=O)[O-])[C@@H](C(=O)Nc2sc3c(c2C(N)=O)CCCC3)C1. The first-order valence-electron chi connectivity index (χ1n) is 8.90. The standard InChI is InChI=1S/C19H24N2O4S/c1-9-7-12(13(19(24)25)8-10(9)2)17(23)21-18-15(16(20)22)11-5-3-4-6-14(11)26-18/h12-13H,3-8H2,1-2H3,(H2,20,22)(H,21,23)(H,24,25)/p-1/t12-,13+/m0/s1. The van der Waals surface area contributed by atoms with Gasteiger partial charge in [0.05, 0.1) is 11.5 Å². The third kappa shape index (κ3) is 3.40. The third-order valence-electron chi connectivity index (χ3n) is 5.56. The number of amides is 2. The van der Waals surface area contributed by atoms with Crippen LogP contribution in [0.15, 0.2) is 11.1 Å². The molecular formula is C19H23N2O4S-. The number of allylic oxidation sites excluding steroid dienone is 2. The Morgan fingerprint density at radius 1 is 1.08 bits per heavy atom. The predicted molar refractivity (Wildman–Crippen MR) is 97.7 cm³/mol. The Morgan fingerprint density at radius 2 is 1.69 bits per heavy atom. The minimum Gasteiger partial charge on any atom is -0.550 e. The van der Waals surface area contributed by atoms with Crippen LogP contribution in [-0.4, -0.2) is 17.8 Å². The average molecular weight is 375 g/mol. The lowest BCUT2D eigenvalue weighted by atomic mass is 9.76. The Morgan fingerprint density at radius 3 is 2.31 bits per heavy atom. The van der Waals surface area contributed by atoms with Crippen molar-refractivity contribution in [1.29, 1.82) is 0 Å². The van der Waals surface area contributed by atoms with Gasteiger partial charge in [0.15, 0.2) is 0 Å². The van der Waals surface area contributed by atoms with Crippen molar-refractivity contribution < 1.29 is 19.5 Å². The van der Waals surface area contributed by atoms with Crippen LogP contribution in [0.25, 0.3) is 0 Å². The Labute approximate surface area is 156 Å². The number of aliphatic carboxylic acids is 1. The van der Waals surface area contributed by atoms with Gasteiger partial charge in [0.2, 0.25) is 5.91 Å². The first-order valence-corrected chi connectivity index (χ1v) is 9.72. The fraction of sp³-hybridized carbons (Fsp3) is 0.526. The normalized spacial score (nSPS) is 22.7. The van der Waals surface area contributed by atoms with Crippen LogP contribution in [0.4, 0.5) is 5.00 Å². The fourth-order valence-electron chi connectivity index (χ4n) is 3.93. The number of carboxylic acid groups (broad SMARTS) is 1. The predicted octanol–water partition coefficient (Wildman–Crippen LogP) is 1.78. The zero-order chi connectivity index (χ0) is 19.0. The minimum absolute atomic E-state index is 0.315. The molecule has 0 radical (unpaired) electrons. The highest BCUT2D eigenvalue weighted by molar-refractivity contribution is 7.17. The van der Waals surface area contributed by atoms with Crippen LogP contribution in [-0.2, 0) is 22.4 Å². The van der Waals surface area contributed by atoms with E-state index in [4.69, 9.17) is 5.73 Å². The van der Waals surface area contributed by atoms with E-state index in [0.29, 0.717) is 23.4 Å². The number of carboxylic acids is 1. The fourth-order valence-corrected chi connectivity index (χ4v) is 5.23. The van der Waals surface area contributed by atoms with Crippen molar-refractivity contribution in [2.24, 2.45) is 17.6 Å². The summed E-state index contributed by atoms with van der Waals surface area (Å²) in [7, 11) is 0. The summed E-state index contributed by atoms with van der Waals surface area (Å²) in [6, 6.07) is 0. The lowest BCUT2D eigenvalue weighted by Gasteiger charge is -2.32. The summed E-state index contributed by atoms with van der Waals surface area (Å²) < 4.78 is 0. The first kappa shape index (κ1) is 18.6. The molecule has 6 nitrogen and oxygen atoms in total. The van der Waals surface area contributed by atoms with E-state index in [0.717, 1.165) is 47.3 Å². The Hall–Kier alpha value is -2.15. The molecule has 0 saturated carbocycles. The molecule has 0 fully saturated rings. The maximum absolute atomic E-state index is 12.9. The number of hydrogen-bond acceptors (Lipinski definition) is 5. The molecule has 0 aliphatic heterocycles. The highest BCUT2D eigenvalue weighted by atomic mass is 32.1. The maximum atomic E-state index is 12.9. The van der Waals surface area contributed by atoms with Crippen molar-refractivity contribution in [3.63, 3.8) is 0 Å². The second kappa shape index (κ2) is 7.23. The molecule has 7 heteroatoms. The summed E-state index contributed by atoms with van der Waals surface area (Å²) in [6.07, 6.45) is 4.41. The molecule has 140 valence electrons. The van der Waals surface area contributed by atoms with Crippen molar-refractivity contribution >= 4 is 34.1 Å². The van der Waals surface area contributed by atoms with Gasteiger partial charge in [-0.05, 0) is 57.9 Å². The molecule has 0 spiro atoms. The van der Waals surface area contributed by atoms with Crippen molar-refractivity contribution in [2.45, 2.75) is 52.4 Å². The Bertz CT molecular complexity index is 809. The van der Waals surface area contributed by atoms with E-state index >= 15 is 0 Å². The first-order chi connectivity index (χ1) is 12.3. The highest BCUT2D eigenvalue weighted by Gasteiger charge is 2.35. The molecular weight excluding hydrogens is 352 g/mol. The number of rotatable bonds is 4. The minimum atomic E-state index is -1.21. The summed E-state index contributed by atoms with van der Waals surface area (Å²) in [5.74, 6) is -3.70. The van der Waals surface area contributed by atoms with E-state index in [-0.39, 0.29) is 5.91 Å². The van der Waals surface area contributed by atoms with Gasteiger partial charge >= 0.3 is 0 Å². The maximum Gasteiger partial charge on any atom is 0.251 e. The number of carbonyl (C=O) groups is 3. The van der Waals surface area contributed by atoms with Crippen LogP contribution in [0, 0.1) is 11.8 Å². The largest absolute Gasteiger partial charge is 0.550 e. The molecule has 1 aromatic rings. The molecule has 0 unspecified atom stereocenters. The number of aryl methyl sites for hydroxylation is 1. The lowest BCUT2D eigenvalue weighted by molar-refractivity contribution is -0.313. The van der Waals surface area contributed by atoms with Gasteiger partial charge in [-0.25, -0.2) is 0 Å². The molecule has 2 atom stereocenters. The van der Waals surface area contributed by atoms with Crippen LogP contribution >= 0.6 is 11.3 Å². The van der Waals surface area contributed by atoms with E-state index in [1.807, 2.05) is 13.8 Å². The van der Waals surface area contributed by atoms with Crippen LogP contribution in [0.3, 0.4) is 0 Å². The van der Waals surface area contributed by atoms with Crippen molar-refractivity contribution in [3.8, 4) is 0 Å². The quantitative estimate of drug-likeness (QED) is 0.781. The summed E-state index contributed by atoms with van der Waals surface area (Å²) in [4.78, 5) is 37.4. The van der Waals surface area contributed by atoms with Gasteiger partial charge in [0.1, 0.15) is 5.00 Å². The summed E-state index contributed by atoms with van der Waals surface area (Å²) in [6.45, 7) is 3.80. The molecule has 1 heterocycles. The van der Waals surface area contributed by atoms with Gasteiger partial charge in [0, 0.05) is 16.8 Å². The van der Waals surface area contributed by atoms with Gasteiger partial charge in [0.25, 0.3) is 5.91 Å². The number of carbonyl (C=O) groups excluding carboxylic acids is 3. The number of primary amides is 1. The average Bonchev–Trinajstić information content (AvgIpc) is 2.94. The number of nitrogens with two attached hydrogens (primary N) is 1. The van der Waals surface area contributed by atoms with Crippen LogP contribution < -0.4 is 16.2 Å².